The van der Waals surface area contributed by atoms with Crippen molar-refractivity contribution in [2.24, 2.45) is 0 Å². The van der Waals surface area contributed by atoms with Gasteiger partial charge in [-0.2, -0.15) is 0 Å². The Kier molecular flexibility index (Phi) is 7.75. The van der Waals surface area contributed by atoms with E-state index in [1.54, 1.807) is 0 Å². The maximum absolute atomic E-state index is 2.42. The van der Waals surface area contributed by atoms with Crippen LogP contribution in [0.1, 0.15) is 0 Å². The molecule has 0 atom stereocenters. The minimum atomic E-state index is 1.10. The normalized spacial score (nSPS) is 11.7. The van der Waals surface area contributed by atoms with Gasteiger partial charge in [0.25, 0.3) is 0 Å². The summed E-state index contributed by atoms with van der Waals surface area (Å²) in [5.74, 6) is 0. The molecule has 2 heterocycles. The predicted molar refractivity (Wildman–Crippen MR) is 254 cm³/mol. The van der Waals surface area contributed by atoms with Crippen LogP contribution >= 0.6 is 11.3 Å². The number of thiophene rings is 1. The lowest BCUT2D eigenvalue weighted by atomic mass is 9.98. The van der Waals surface area contributed by atoms with Crippen LogP contribution < -0.4 is 4.90 Å². The molecule has 0 aliphatic heterocycles. The monoisotopic (exact) mass is 768 g/mol. The lowest BCUT2D eigenvalue weighted by Crippen LogP contribution is -2.10. The molecule has 10 aromatic carbocycles. The van der Waals surface area contributed by atoms with Crippen LogP contribution in [-0.4, -0.2) is 4.57 Å². The quantitative estimate of drug-likeness (QED) is 0.153. The van der Waals surface area contributed by atoms with Gasteiger partial charge < -0.3 is 9.47 Å². The second-order valence-corrected chi connectivity index (χ2v) is 16.4. The van der Waals surface area contributed by atoms with E-state index >= 15 is 0 Å². The highest BCUT2D eigenvalue weighted by molar-refractivity contribution is 7.25. The van der Waals surface area contributed by atoms with Crippen molar-refractivity contribution >= 4 is 91.9 Å². The smallest absolute Gasteiger partial charge is 0.0547 e. The van der Waals surface area contributed by atoms with Gasteiger partial charge in [-0.25, -0.2) is 0 Å². The van der Waals surface area contributed by atoms with Crippen LogP contribution in [0.25, 0.3) is 91.5 Å². The first-order valence-electron chi connectivity index (χ1n) is 20.2. The maximum atomic E-state index is 2.42. The van der Waals surface area contributed by atoms with Gasteiger partial charge in [0, 0.05) is 53.4 Å². The molecule has 0 aliphatic rings. The van der Waals surface area contributed by atoms with E-state index in [1.807, 2.05) is 11.3 Å². The molecule has 0 spiro atoms. The summed E-state index contributed by atoms with van der Waals surface area (Å²) in [6, 6.07) is 80.0. The molecule has 0 fully saturated rings. The molecule has 0 aliphatic carbocycles. The molecule has 0 bridgehead atoms. The Morgan fingerprint density at radius 1 is 0.322 bits per heavy atom. The van der Waals surface area contributed by atoms with Gasteiger partial charge in [-0.05, 0) is 111 Å². The summed E-state index contributed by atoms with van der Waals surface area (Å²) in [5, 5.41) is 10.1. The Bertz CT molecular complexity index is 3540. The number of anilines is 3. The van der Waals surface area contributed by atoms with Crippen LogP contribution in [0.3, 0.4) is 0 Å². The van der Waals surface area contributed by atoms with Crippen LogP contribution in [-0.2, 0) is 0 Å². The Balaban J connectivity index is 0.989. The van der Waals surface area contributed by atoms with E-state index in [9.17, 15) is 0 Å². The number of hydrogen-bond donors (Lipinski definition) is 0. The molecule has 0 saturated carbocycles. The molecule has 0 radical (unpaired) electrons. The molecule has 12 aromatic rings. The second-order valence-electron chi connectivity index (χ2n) is 15.3. The Hall–Kier alpha value is -7.46. The molecule has 2 nitrogen and oxygen atoms in total. The number of hydrogen-bond acceptors (Lipinski definition) is 2. The Labute approximate surface area is 346 Å². The third kappa shape index (κ3) is 5.55. The lowest BCUT2D eigenvalue weighted by molar-refractivity contribution is 1.18. The minimum Gasteiger partial charge on any atom is -0.310 e. The SMILES string of the molecule is c1ccc(-n2c3ccccc3c3ccc(-c4ccc(N(c5ccc(-c6ccc7sc8ccccc8c7c6)cc5)c5cc6ccccc6c6ccccc56)cc4)cc32)cc1. The molecule has 0 saturated heterocycles. The van der Waals surface area contributed by atoms with Crippen molar-refractivity contribution in [2.75, 3.05) is 4.90 Å². The summed E-state index contributed by atoms with van der Waals surface area (Å²) in [6.07, 6.45) is 0. The molecule has 276 valence electrons. The van der Waals surface area contributed by atoms with E-state index in [2.05, 4.69) is 228 Å². The Morgan fingerprint density at radius 2 is 0.864 bits per heavy atom. The molecule has 0 amide bonds. The highest BCUT2D eigenvalue weighted by Crippen LogP contribution is 2.44. The van der Waals surface area contributed by atoms with Crippen molar-refractivity contribution in [3.8, 4) is 27.9 Å². The van der Waals surface area contributed by atoms with Gasteiger partial charge in [-0.3, -0.25) is 0 Å². The molecule has 0 N–H and O–H groups in total. The zero-order chi connectivity index (χ0) is 38.9. The predicted octanol–water partition coefficient (Wildman–Crippen LogP) is 16.3. The fourth-order valence-electron chi connectivity index (χ4n) is 9.16. The van der Waals surface area contributed by atoms with Crippen molar-refractivity contribution < 1.29 is 0 Å². The van der Waals surface area contributed by atoms with Gasteiger partial charge in [0.05, 0.1) is 16.7 Å². The van der Waals surface area contributed by atoms with Crippen molar-refractivity contribution in [3.05, 3.63) is 218 Å². The van der Waals surface area contributed by atoms with Gasteiger partial charge >= 0.3 is 0 Å². The number of benzene rings is 10. The van der Waals surface area contributed by atoms with E-state index in [-0.39, 0.29) is 0 Å². The summed E-state index contributed by atoms with van der Waals surface area (Å²) in [5.41, 5.74) is 11.7. The van der Waals surface area contributed by atoms with Crippen molar-refractivity contribution in [2.45, 2.75) is 0 Å². The van der Waals surface area contributed by atoms with Gasteiger partial charge in [0.15, 0.2) is 0 Å². The first kappa shape index (κ1) is 33.7. The number of aromatic nitrogens is 1. The molecule has 3 heteroatoms. The van der Waals surface area contributed by atoms with Crippen molar-refractivity contribution in [3.63, 3.8) is 0 Å². The molecule has 0 unspecified atom stereocenters. The van der Waals surface area contributed by atoms with Crippen LogP contribution in [0, 0.1) is 0 Å². The third-order valence-electron chi connectivity index (χ3n) is 12.0. The topological polar surface area (TPSA) is 8.17 Å². The second kappa shape index (κ2) is 13.6. The summed E-state index contributed by atoms with van der Waals surface area (Å²) in [7, 11) is 0. The van der Waals surface area contributed by atoms with E-state index in [0.717, 1.165) is 22.7 Å². The highest BCUT2D eigenvalue weighted by atomic mass is 32.1. The van der Waals surface area contributed by atoms with E-state index in [1.165, 1.54) is 85.8 Å². The van der Waals surface area contributed by atoms with Crippen LogP contribution in [0.15, 0.2) is 218 Å². The van der Waals surface area contributed by atoms with Gasteiger partial charge in [0.2, 0.25) is 0 Å². The molecule has 2 aromatic heterocycles. The third-order valence-corrected chi connectivity index (χ3v) is 13.1. The summed E-state index contributed by atoms with van der Waals surface area (Å²) in [6.45, 7) is 0. The standard InChI is InChI=1S/C56H36N2S/c1-2-13-42(14-3-1)58-52-20-10-8-18-48(52)49-32-26-40(35-54(49)58)38-24-30-44(31-25-38)57(53-36-41-12-4-5-15-45(41)46-16-6-7-17-47(46)53)43-28-22-37(23-29-43)39-27-33-56-51(34-39)50-19-9-11-21-55(50)59-56/h1-36H. The fraction of sp³-hybridized carbons (Fsp3) is 0. The molecular formula is C56H36N2S. The number of rotatable bonds is 6. The first-order chi connectivity index (χ1) is 29.2. The zero-order valence-corrected chi connectivity index (χ0v) is 32.9. The lowest BCUT2D eigenvalue weighted by Gasteiger charge is -2.28. The molecule has 12 rings (SSSR count). The Morgan fingerprint density at radius 3 is 1.63 bits per heavy atom. The number of para-hydroxylation sites is 2. The van der Waals surface area contributed by atoms with E-state index in [4.69, 9.17) is 0 Å². The van der Waals surface area contributed by atoms with Gasteiger partial charge in [0.1, 0.15) is 0 Å². The highest BCUT2D eigenvalue weighted by Gasteiger charge is 2.19. The van der Waals surface area contributed by atoms with Crippen molar-refractivity contribution in [1.82, 2.24) is 4.57 Å². The molecule has 59 heavy (non-hydrogen) atoms. The average molecular weight is 769 g/mol. The average Bonchev–Trinajstić information content (AvgIpc) is 3.85. The van der Waals surface area contributed by atoms with Crippen molar-refractivity contribution in [1.29, 1.82) is 0 Å². The first-order valence-corrected chi connectivity index (χ1v) is 21.0. The fourth-order valence-corrected chi connectivity index (χ4v) is 10.3. The number of nitrogens with zero attached hydrogens (tertiary/aromatic N) is 2. The summed E-state index contributed by atoms with van der Waals surface area (Å²) >= 11 is 1.86. The number of fused-ring (bicyclic) bond motifs is 9. The summed E-state index contributed by atoms with van der Waals surface area (Å²) in [4.78, 5) is 2.42. The van der Waals surface area contributed by atoms with E-state index < -0.39 is 0 Å². The zero-order valence-electron chi connectivity index (χ0n) is 32.1. The largest absolute Gasteiger partial charge is 0.310 e. The molecular weight excluding hydrogens is 733 g/mol. The summed E-state index contributed by atoms with van der Waals surface area (Å²) < 4.78 is 5.04. The van der Waals surface area contributed by atoms with Gasteiger partial charge in [-0.15, -0.1) is 11.3 Å². The van der Waals surface area contributed by atoms with Gasteiger partial charge in [-0.1, -0.05) is 146 Å². The van der Waals surface area contributed by atoms with Crippen LogP contribution in [0.2, 0.25) is 0 Å². The van der Waals surface area contributed by atoms with Crippen LogP contribution in [0.5, 0.6) is 0 Å². The minimum absolute atomic E-state index is 1.10. The maximum Gasteiger partial charge on any atom is 0.0547 e. The van der Waals surface area contributed by atoms with Crippen LogP contribution in [0.4, 0.5) is 17.1 Å². The van der Waals surface area contributed by atoms with E-state index in [0.29, 0.717) is 0 Å².